The zero-order chi connectivity index (χ0) is 15.2. The van der Waals surface area contributed by atoms with E-state index in [0.717, 1.165) is 30.8 Å². The van der Waals surface area contributed by atoms with Crippen molar-refractivity contribution in [2.75, 3.05) is 17.2 Å². The molecular weight excluding hydrogens is 291 g/mol. The Balaban J connectivity index is 2.33. The number of halogens is 2. The summed E-state index contributed by atoms with van der Waals surface area (Å²) in [7, 11) is 0. The van der Waals surface area contributed by atoms with Crippen molar-refractivity contribution in [1.82, 2.24) is 9.97 Å². The summed E-state index contributed by atoms with van der Waals surface area (Å²) in [6.07, 6.45) is 3.24. The van der Waals surface area contributed by atoms with Crippen molar-refractivity contribution in [3.63, 3.8) is 0 Å². The van der Waals surface area contributed by atoms with E-state index < -0.39 is 0 Å². The van der Waals surface area contributed by atoms with Crippen LogP contribution in [0.3, 0.4) is 0 Å². The van der Waals surface area contributed by atoms with E-state index in [-0.39, 0.29) is 5.82 Å². The second-order valence-electron chi connectivity index (χ2n) is 4.58. The maximum Gasteiger partial charge on any atom is 0.139 e. The highest BCUT2D eigenvalue weighted by Gasteiger charge is 2.11. The van der Waals surface area contributed by atoms with E-state index in [1.54, 1.807) is 0 Å². The van der Waals surface area contributed by atoms with Crippen molar-refractivity contribution in [1.29, 1.82) is 0 Å². The number of nitrogens with zero attached hydrogens (tertiary/aromatic N) is 2. The SMILES string of the molecule is CCCNc1ncnc(Nc2cc(F)ccc2Cl)c1CC. The van der Waals surface area contributed by atoms with Gasteiger partial charge in [0.05, 0.1) is 10.7 Å². The van der Waals surface area contributed by atoms with Gasteiger partial charge in [0.15, 0.2) is 0 Å². The molecule has 2 aromatic rings. The van der Waals surface area contributed by atoms with Gasteiger partial charge in [0.1, 0.15) is 23.8 Å². The molecule has 4 nitrogen and oxygen atoms in total. The lowest BCUT2D eigenvalue weighted by Crippen LogP contribution is -2.08. The Bertz CT molecular complexity index is 619. The van der Waals surface area contributed by atoms with Crippen LogP contribution in [0.1, 0.15) is 25.8 Å². The Morgan fingerprint density at radius 1 is 1.19 bits per heavy atom. The molecule has 0 spiro atoms. The standard InChI is InChI=1S/C15H18ClFN4/c1-3-7-18-14-11(4-2)15(20-9-19-14)21-13-8-10(17)5-6-12(13)16/h5-6,8-9H,3-4,7H2,1-2H3,(H2,18,19,20,21). The fraction of sp³-hybridized carbons (Fsp3) is 0.333. The summed E-state index contributed by atoms with van der Waals surface area (Å²) >= 11 is 6.08. The van der Waals surface area contributed by atoms with Crippen molar-refractivity contribution < 1.29 is 4.39 Å². The molecule has 0 saturated heterocycles. The van der Waals surface area contributed by atoms with E-state index >= 15 is 0 Å². The van der Waals surface area contributed by atoms with E-state index in [1.807, 2.05) is 6.92 Å². The molecule has 1 aromatic carbocycles. The average Bonchev–Trinajstić information content (AvgIpc) is 2.49. The molecule has 6 heteroatoms. The van der Waals surface area contributed by atoms with E-state index in [4.69, 9.17) is 11.6 Å². The van der Waals surface area contributed by atoms with Crippen molar-refractivity contribution in [3.05, 3.63) is 40.9 Å². The molecule has 0 saturated carbocycles. The number of hydrogen-bond acceptors (Lipinski definition) is 4. The molecule has 1 aromatic heterocycles. The summed E-state index contributed by atoms with van der Waals surface area (Å²) in [6, 6.07) is 4.19. The largest absolute Gasteiger partial charge is 0.370 e. The van der Waals surface area contributed by atoms with Gasteiger partial charge in [-0.2, -0.15) is 0 Å². The zero-order valence-electron chi connectivity index (χ0n) is 12.1. The number of anilines is 3. The number of rotatable bonds is 6. The van der Waals surface area contributed by atoms with Gasteiger partial charge in [-0.05, 0) is 31.0 Å². The Morgan fingerprint density at radius 2 is 1.95 bits per heavy atom. The molecule has 0 unspecified atom stereocenters. The molecule has 2 rings (SSSR count). The summed E-state index contributed by atoms with van der Waals surface area (Å²) in [5, 5.41) is 6.80. The van der Waals surface area contributed by atoms with E-state index in [2.05, 4.69) is 27.5 Å². The van der Waals surface area contributed by atoms with Crippen molar-refractivity contribution >= 4 is 28.9 Å². The first-order valence-electron chi connectivity index (χ1n) is 6.95. The van der Waals surface area contributed by atoms with Crippen LogP contribution >= 0.6 is 11.6 Å². The summed E-state index contributed by atoms with van der Waals surface area (Å²) in [6.45, 7) is 4.95. The summed E-state index contributed by atoms with van der Waals surface area (Å²) < 4.78 is 13.3. The van der Waals surface area contributed by atoms with Crippen LogP contribution in [0.2, 0.25) is 5.02 Å². The third-order valence-electron chi connectivity index (χ3n) is 3.02. The van der Waals surface area contributed by atoms with Gasteiger partial charge in [-0.25, -0.2) is 14.4 Å². The Hall–Kier alpha value is -1.88. The minimum atomic E-state index is -0.349. The minimum Gasteiger partial charge on any atom is -0.370 e. The minimum absolute atomic E-state index is 0.349. The van der Waals surface area contributed by atoms with Gasteiger partial charge in [-0.15, -0.1) is 0 Å². The maximum atomic E-state index is 13.3. The Kier molecular flexibility index (Phi) is 5.33. The number of hydrogen-bond donors (Lipinski definition) is 2. The maximum absolute atomic E-state index is 13.3. The first-order chi connectivity index (χ1) is 10.2. The third-order valence-corrected chi connectivity index (χ3v) is 3.35. The summed E-state index contributed by atoms with van der Waals surface area (Å²) in [5.74, 6) is 1.08. The Morgan fingerprint density at radius 3 is 2.67 bits per heavy atom. The van der Waals surface area contributed by atoms with Gasteiger partial charge in [-0.1, -0.05) is 25.4 Å². The molecule has 0 bridgehead atoms. The summed E-state index contributed by atoms with van der Waals surface area (Å²) in [5.41, 5.74) is 1.44. The molecule has 0 aliphatic carbocycles. The smallest absolute Gasteiger partial charge is 0.139 e. The topological polar surface area (TPSA) is 49.8 Å². The molecule has 112 valence electrons. The highest BCUT2D eigenvalue weighted by atomic mass is 35.5. The number of aromatic nitrogens is 2. The fourth-order valence-corrected chi connectivity index (χ4v) is 2.14. The van der Waals surface area contributed by atoms with Crippen LogP contribution in [-0.2, 0) is 6.42 Å². The lowest BCUT2D eigenvalue weighted by molar-refractivity contribution is 0.628. The Labute approximate surface area is 128 Å². The van der Waals surface area contributed by atoms with Gasteiger partial charge in [0.25, 0.3) is 0 Å². The van der Waals surface area contributed by atoms with Crippen molar-refractivity contribution in [2.24, 2.45) is 0 Å². The number of nitrogens with one attached hydrogen (secondary N) is 2. The monoisotopic (exact) mass is 308 g/mol. The molecule has 21 heavy (non-hydrogen) atoms. The lowest BCUT2D eigenvalue weighted by atomic mass is 10.2. The van der Waals surface area contributed by atoms with Gasteiger partial charge in [0.2, 0.25) is 0 Å². The van der Waals surface area contributed by atoms with Crippen LogP contribution in [0.25, 0.3) is 0 Å². The molecule has 0 radical (unpaired) electrons. The second-order valence-corrected chi connectivity index (χ2v) is 4.99. The second kappa shape index (κ2) is 7.22. The molecule has 0 fully saturated rings. The van der Waals surface area contributed by atoms with Crippen LogP contribution in [-0.4, -0.2) is 16.5 Å². The van der Waals surface area contributed by atoms with E-state index in [0.29, 0.717) is 16.5 Å². The van der Waals surface area contributed by atoms with Crippen molar-refractivity contribution in [2.45, 2.75) is 26.7 Å². The average molecular weight is 309 g/mol. The fourth-order valence-electron chi connectivity index (χ4n) is 1.97. The lowest BCUT2D eigenvalue weighted by Gasteiger charge is -2.15. The number of benzene rings is 1. The van der Waals surface area contributed by atoms with Gasteiger partial charge in [-0.3, -0.25) is 0 Å². The molecular formula is C15H18ClFN4. The van der Waals surface area contributed by atoms with E-state index in [9.17, 15) is 4.39 Å². The first-order valence-corrected chi connectivity index (χ1v) is 7.33. The van der Waals surface area contributed by atoms with Crippen LogP contribution < -0.4 is 10.6 Å². The van der Waals surface area contributed by atoms with Crippen LogP contribution in [0.15, 0.2) is 24.5 Å². The molecule has 1 heterocycles. The first kappa shape index (κ1) is 15.5. The quantitative estimate of drug-likeness (QED) is 0.830. The normalized spacial score (nSPS) is 10.5. The van der Waals surface area contributed by atoms with Crippen LogP contribution in [0, 0.1) is 5.82 Å². The predicted octanol–water partition coefficient (Wildman–Crippen LogP) is 4.40. The molecule has 0 atom stereocenters. The van der Waals surface area contributed by atoms with Crippen molar-refractivity contribution in [3.8, 4) is 0 Å². The van der Waals surface area contributed by atoms with Gasteiger partial charge < -0.3 is 10.6 Å². The van der Waals surface area contributed by atoms with Crippen LogP contribution in [0.4, 0.5) is 21.7 Å². The summed E-state index contributed by atoms with van der Waals surface area (Å²) in [4.78, 5) is 8.50. The van der Waals surface area contributed by atoms with E-state index in [1.165, 1.54) is 24.5 Å². The molecule has 0 amide bonds. The van der Waals surface area contributed by atoms with Gasteiger partial charge >= 0.3 is 0 Å². The zero-order valence-corrected chi connectivity index (χ0v) is 12.8. The highest BCUT2D eigenvalue weighted by molar-refractivity contribution is 6.33. The molecule has 0 aliphatic rings. The predicted molar refractivity (Wildman–Crippen MR) is 84.9 cm³/mol. The molecule has 2 N–H and O–H groups in total. The van der Waals surface area contributed by atoms with Crippen LogP contribution in [0.5, 0.6) is 0 Å². The molecule has 0 aliphatic heterocycles. The third kappa shape index (κ3) is 3.82. The van der Waals surface area contributed by atoms with Gasteiger partial charge in [0, 0.05) is 12.1 Å². The highest BCUT2D eigenvalue weighted by Crippen LogP contribution is 2.29.